The van der Waals surface area contributed by atoms with Crippen LogP contribution in [0.1, 0.15) is 31.7 Å². The fraction of sp³-hybridized carbons (Fsp3) is 0.316. The van der Waals surface area contributed by atoms with E-state index in [0.717, 1.165) is 35.4 Å². The van der Waals surface area contributed by atoms with Crippen LogP contribution in [0.25, 0.3) is 5.57 Å². The Morgan fingerprint density at radius 2 is 2.18 bits per heavy atom. The van der Waals surface area contributed by atoms with Gasteiger partial charge in [0.25, 0.3) is 0 Å². The number of allylic oxidation sites excluding steroid dienone is 3. The number of rotatable bonds is 4. The summed E-state index contributed by atoms with van der Waals surface area (Å²) in [7, 11) is 0. The molecular weight excluding hydrogens is 270 g/mol. The van der Waals surface area contributed by atoms with Gasteiger partial charge in [-0.1, -0.05) is 43.4 Å². The lowest BCUT2D eigenvalue weighted by Crippen LogP contribution is -2.35. The molecule has 1 heterocycles. The summed E-state index contributed by atoms with van der Waals surface area (Å²) < 4.78 is 0. The minimum atomic E-state index is 0.210. The maximum Gasteiger partial charge on any atom is 0.0994 e. The summed E-state index contributed by atoms with van der Waals surface area (Å²) in [4.78, 5) is 0. The molecule has 0 bridgehead atoms. The van der Waals surface area contributed by atoms with Crippen LogP contribution < -0.4 is 11.1 Å². The first-order valence-corrected chi connectivity index (χ1v) is 7.70. The molecule has 1 unspecified atom stereocenters. The minimum Gasteiger partial charge on any atom is -0.398 e. The number of hydrogen-bond acceptors (Lipinski definition) is 3. The predicted octanol–water partition coefficient (Wildman–Crippen LogP) is 3.82. The van der Waals surface area contributed by atoms with Crippen molar-refractivity contribution in [2.24, 2.45) is 0 Å². The van der Waals surface area contributed by atoms with E-state index in [2.05, 4.69) is 24.0 Å². The number of benzene rings is 1. The number of para-hydroxylation sites is 1. The van der Waals surface area contributed by atoms with Crippen molar-refractivity contribution >= 4 is 11.3 Å². The second-order valence-electron chi connectivity index (χ2n) is 5.60. The molecule has 1 aliphatic rings. The smallest absolute Gasteiger partial charge is 0.0994 e. The van der Waals surface area contributed by atoms with Crippen molar-refractivity contribution in [1.82, 2.24) is 5.32 Å². The predicted molar refractivity (Wildman–Crippen MR) is 93.0 cm³/mol. The van der Waals surface area contributed by atoms with Crippen LogP contribution in [0.15, 0.2) is 54.1 Å². The SMILES string of the molecule is C=C/C(C#N)=C(\C=C(/C)c1ccccc1N)C1CCCCN1. The van der Waals surface area contributed by atoms with E-state index < -0.39 is 0 Å². The van der Waals surface area contributed by atoms with Gasteiger partial charge in [0.1, 0.15) is 0 Å². The highest BCUT2D eigenvalue weighted by atomic mass is 14.9. The monoisotopic (exact) mass is 293 g/mol. The zero-order chi connectivity index (χ0) is 15.9. The summed E-state index contributed by atoms with van der Waals surface area (Å²) in [6.07, 6.45) is 7.13. The Balaban J connectivity index is 2.44. The number of nitrogens with one attached hydrogen (secondary N) is 1. The highest BCUT2D eigenvalue weighted by Gasteiger charge is 2.19. The molecule has 1 aliphatic heterocycles. The summed E-state index contributed by atoms with van der Waals surface area (Å²) in [5, 5.41) is 12.9. The second kappa shape index (κ2) is 7.63. The van der Waals surface area contributed by atoms with Crippen molar-refractivity contribution in [3.8, 4) is 6.07 Å². The molecular formula is C19H23N3. The molecule has 114 valence electrons. The number of hydrogen-bond donors (Lipinski definition) is 2. The summed E-state index contributed by atoms with van der Waals surface area (Å²) in [5.74, 6) is 0. The average molecular weight is 293 g/mol. The molecule has 3 N–H and O–H groups in total. The summed E-state index contributed by atoms with van der Waals surface area (Å²) in [6.45, 7) is 6.81. The van der Waals surface area contributed by atoms with Crippen LogP contribution in [0, 0.1) is 11.3 Å². The summed E-state index contributed by atoms with van der Waals surface area (Å²) >= 11 is 0. The van der Waals surface area contributed by atoms with Crippen molar-refractivity contribution < 1.29 is 0 Å². The maximum atomic E-state index is 9.40. The Kier molecular flexibility index (Phi) is 5.57. The van der Waals surface area contributed by atoms with Gasteiger partial charge in [-0.25, -0.2) is 0 Å². The number of nitriles is 1. The van der Waals surface area contributed by atoms with Gasteiger partial charge in [0.05, 0.1) is 11.6 Å². The lowest BCUT2D eigenvalue weighted by atomic mass is 9.91. The largest absolute Gasteiger partial charge is 0.398 e. The molecule has 1 fully saturated rings. The molecule has 1 aromatic carbocycles. The minimum absolute atomic E-state index is 0.210. The van der Waals surface area contributed by atoms with E-state index in [1.165, 1.54) is 12.8 Å². The number of nitrogens with two attached hydrogens (primary N) is 1. The Morgan fingerprint density at radius 1 is 1.41 bits per heavy atom. The molecule has 0 saturated carbocycles. The van der Waals surface area contributed by atoms with Crippen LogP contribution in [0.3, 0.4) is 0 Å². The van der Waals surface area contributed by atoms with Crippen LogP contribution in [-0.4, -0.2) is 12.6 Å². The van der Waals surface area contributed by atoms with Crippen molar-refractivity contribution in [3.05, 3.63) is 59.7 Å². The van der Waals surface area contributed by atoms with Gasteiger partial charge < -0.3 is 11.1 Å². The van der Waals surface area contributed by atoms with Crippen LogP contribution in [0.4, 0.5) is 5.69 Å². The van der Waals surface area contributed by atoms with Crippen LogP contribution in [0.2, 0.25) is 0 Å². The third kappa shape index (κ3) is 3.66. The fourth-order valence-electron chi connectivity index (χ4n) is 2.88. The van der Waals surface area contributed by atoms with E-state index >= 15 is 0 Å². The number of anilines is 1. The third-order valence-corrected chi connectivity index (χ3v) is 4.08. The average Bonchev–Trinajstić information content (AvgIpc) is 2.56. The van der Waals surface area contributed by atoms with E-state index in [0.29, 0.717) is 5.57 Å². The molecule has 22 heavy (non-hydrogen) atoms. The van der Waals surface area contributed by atoms with E-state index in [1.807, 2.05) is 31.2 Å². The standard InChI is InChI=1S/C19H23N3/c1-3-15(13-20)17(19-10-6-7-11-22-19)12-14(2)16-8-4-5-9-18(16)21/h3-5,8-9,12,19,22H,1,6-7,10-11,21H2,2H3/b14-12+,17-15-. The topological polar surface area (TPSA) is 61.8 Å². The first kappa shape index (κ1) is 16.1. The maximum absolute atomic E-state index is 9.40. The van der Waals surface area contributed by atoms with Crippen molar-refractivity contribution in [3.63, 3.8) is 0 Å². The number of piperidine rings is 1. The summed E-state index contributed by atoms with van der Waals surface area (Å²) in [5.41, 5.74) is 10.5. The van der Waals surface area contributed by atoms with Crippen molar-refractivity contribution in [1.29, 1.82) is 5.26 Å². The van der Waals surface area contributed by atoms with Gasteiger partial charge in [0, 0.05) is 17.3 Å². The highest BCUT2D eigenvalue weighted by Crippen LogP contribution is 2.26. The lowest BCUT2D eigenvalue weighted by molar-refractivity contribution is 0.444. The molecule has 0 spiro atoms. The molecule has 2 rings (SSSR count). The van der Waals surface area contributed by atoms with Gasteiger partial charge in [-0.2, -0.15) is 5.26 Å². The number of nitrogens with zero attached hydrogens (tertiary/aromatic N) is 1. The van der Waals surface area contributed by atoms with Crippen LogP contribution in [-0.2, 0) is 0 Å². The van der Waals surface area contributed by atoms with E-state index in [-0.39, 0.29) is 6.04 Å². The van der Waals surface area contributed by atoms with E-state index in [9.17, 15) is 5.26 Å². The van der Waals surface area contributed by atoms with Gasteiger partial charge in [-0.15, -0.1) is 0 Å². The quantitative estimate of drug-likeness (QED) is 0.504. The Morgan fingerprint density at radius 3 is 2.77 bits per heavy atom. The molecule has 1 saturated heterocycles. The molecule has 1 atom stereocenters. The molecule has 0 radical (unpaired) electrons. The van der Waals surface area contributed by atoms with Gasteiger partial charge in [0.15, 0.2) is 0 Å². The normalized spacial score (nSPS) is 20.0. The Labute approximate surface area is 132 Å². The van der Waals surface area contributed by atoms with Gasteiger partial charge in [-0.3, -0.25) is 0 Å². The van der Waals surface area contributed by atoms with Crippen LogP contribution in [0.5, 0.6) is 0 Å². The van der Waals surface area contributed by atoms with Crippen molar-refractivity contribution in [2.75, 3.05) is 12.3 Å². The first-order chi connectivity index (χ1) is 10.7. The Hall–Kier alpha value is -2.31. The summed E-state index contributed by atoms with van der Waals surface area (Å²) in [6, 6.07) is 10.3. The zero-order valence-corrected chi connectivity index (χ0v) is 13.1. The Bertz CT molecular complexity index is 641. The molecule has 1 aromatic rings. The first-order valence-electron chi connectivity index (χ1n) is 7.70. The highest BCUT2D eigenvalue weighted by molar-refractivity contribution is 5.76. The van der Waals surface area contributed by atoms with Gasteiger partial charge >= 0.3 is 0 Å². The van der Waals surface area contributed by atoms with E-state index in [1.54, 1.807) is 6.08 Å². The van der Waals surface area contributed by atoms with Gasteiger partial charge in [-0.05, 0) is 43.5 Å². The van der Waals surface area contributed by atoms with Crippen LogP contribution >= 0.6 is 0 Å². The van der Waals surface area contributed by atoms with Gasteiger partial charge in [0.2, 0.25) is 0 Å². The molecule has 0 aliphatic carbocycles. The second-order valence-corrected chi connectivity index (χ2v) is 5.60. The van der Waals surface area contributed by atoms with E-state index in [4.69, 9.17) is 5.73 Å². The zero-order valence-electron chi connectivity index (χ0n) is 13.1. The number of nitrogen functional groups attached to an aromatic ring is 1. The fourth-order valence-corrected chi connectivity index (χ4v) is 2.88. The molecule has 3 heteroatoms. The van der Waals surface area contributed by atoms with Crippen molar-refractivity contribution in [2.45, 2.75) is 32.2 Å². The molecule has 0 aromatic heterocycles. The third-order valence-electron chi connectivity index (χ3n) is 4.08. The molecule has 0 amide bonds. The lowest BCUT2D eigenvalue weighted by Gasteiger charge is -2.25. The molecule has 3 nitrogen and oxygen atoms in total.